The van der Waals surface area contributed by atoms with E-state index in [1.54, 1.807) is 18.2 Å². The Hall–Kier alpha value is -3.66. The first-order valence-electron chi connectivity index (χ1n) is 12.6. The van der Waals surface area contributed by atoms with Crippen LogP contribution < -0.4 is 15.5 Å². The maximum atomic E-state index is 13.8. The minimum atomic E-state index is -1.12. The molecule has 210 valence electrons. The summed E-state index contributed by atoms with van der Waals surface area (Å²) in [6.07, 6.45) is -0.395. The first kappa shape index (κ1) is 29.3. The molecule has 1 saturated heterocycles. The summed E-state index contributed by atoms with van der Waals surface area (Å²) in [7, 11) is 0. The van der Waals surface area contributed by atoms with Crippen LogP contribution in [0.4, 0.5) is 15.8 Å². The topological polar surface area (TPSA) is 108 Å². The second-order valence-corrected chi connectivity index (χ2v) is 10.5. The quantitative estimate of drug-likeness (QED) is 0.301. The van der Waals surface area contributed by atoms with Crippen LogP contribution in [0.15, 0.2) is 60.7 Å². The number of benzene rings is 3. The second-order valence-electron chi connectivity index (χ2n) is 9.64. The number of amides is 2. The summed E-state index contributed by atoms with van der Waals surface area (Å²) >= 11 is 12.1. The van der Waals surface area contributed by atoms with Crippen LogP contribution in [0.3, 0.4) is 0 Å². The maximum absolute atomic E-state index is 13.8. The number of carbonyl (C=O) groups excluding carboxylic acids is 2. The largest absolute Gasteiger partial charge is 0.481 e. The fraction of sp³-hybridized carbons (Fsp3) is 0.276. The Morgan fingerprint density at radius 1 is 0.975 bits per heavy atom. The third-order valence-corrected chi connectivity index (χ3v) is 7.31. The Kier molecular flexibility index (Phi) is 9.29. The van der Waals surface area contributed by atoms with E-state index in [0.717, 1.165) is 6.07 Å². The van der Waals surface area contributed by atoms with E-state index in [4.69, 9.17) is 27.9 Å². The Balaban J connectivity index is 1.68. The monoisotopic (exact) mass is 587 g/mol. The number of morpholine rings is 1. The van der Waals surface area contributed by atoms with Crippen LogP contribution in [0.25, 0.3) is 0 Å². The zero-order valence-corrected chi connectivity index (χ0v) is 23.3. The van der Waals surface area contributed by atoms with Crippen molar-refractivity contribution in [3.63, 3.8) is 0 Å². The molecule has 11 heteroatoms. The van der Waals surface area contributed by atoms with Gasteiger partial charge in [-0.3, -0.25) is 14.4 Å². The molecule has 3 unspecified atom stereocenters. The van der Waals surface area contributed by atoms with Crippen LogP contribution in [0.2, 0.25) is 10.0 Å². The minimum absolute atomic E-state index is 0.0251. The Labute approximate surface area is 241 Å². The van der Waals surface area contributed by atoms with Crippen molar-refractivity contribution in [3.8, 4) is 0 Å². The summed E-state index contributed by atoms with van der Waals surface area (Å²) in [5.74, 6) is -2.78. The van der Waals surface area contributed by atoms with E-state index in [0.29, 0.717) is 35.2 Å². The van der Waals surface area contributed by atoms with Gasteiger partial charge in [-0.2, -0.15) is 0 Å². The van der Waals surface area contributed by atoms with Crippen molar-refractivity contribution in [1.29, 1.82) is 0 Å². The van der Waals surface area contributed by atoms with Gasteiger partial charge < -0.3 is 25.4 Å². The van der Waals surface area contributed by atoms with E-state index in [1.807, 2.05) is 13.8 Å². The lowest BCUT2D eigenvalue weighted by atomic mass is 10.0. The number of carboxylic acid groups (broad SMARTS) is 1. The number of nitrogens with zero attached hydrogens (tertiary/aromatic N) is 1. The molecule has 0 aromatic heterocycles. The summed E-state index contributed by atoms with van der Waals surface area (Å²) in [5.41, 5.74) is 1.77. The number of carboxylic acids is 1. The molecular formula is C29H28Cl2FN3O5. The zero-order valence-electron chi connectivity index (χ0n) is 21.8. The van der Waals surface area contributed by atoms with Crippen LogP contribution in [0, 0.1) is 5.82 Å². The van der Waals surface area contributed by atoms with E-state index in [1.165, 1.54) is 36.4 Å². The Bertz CT molecular complexity index is 1430. The second kappa shape index (κ2) is 12.7. The van der Waals surface area contributed by atoms with Crippen molar-refractivity contribution >= 4 is 52.4 Å². The van der Waals surface area contributed by atoms with Gasteiger partial charge in [0.2, 0.25) is 0 Å². The average molecular weight is 588 g/mol. The molecule has 3 atom stereocenters. The molecular weight excluding hydrogens is 560 g/mol. The number of rotatable bonds is 8. The van der Waals surface area contributed by atoms with Crippen molar-refractivity contribution in [3.05, 3.63) is 93.2 Å². The van der Waals surface area contributed by atoms with Gasteiger partial charge in [0.15, 0.2) is 0 Å². The number of hydrogen-bond acceptors (Lipinski definition) is 5. The standard InChI is InChI=1S/C29H28Cl2FN3O5/c1-16-14-40-15-17(2)35(16)26-9-7-20(12-25(26)34-28(38)19-4-3-5-21(32)10-19)29(39)33-24(13-27(36)37)18-6-8-22(30)23(31)11-18/h3-12,16-17,24H,13-15H2,1-2H3,(H,33,39)(H,34,38)(H,36,37). The fourth-order valence-corrected chi connectivity index (χ4v) is 5.01. The van der Waals surface area contributed by atoms with Gasteiger partial charge in [-0.1, -0.05) is 35.3 Å². The smallest absolute Gasteiger partial charge is 0.305 e. The predicted octanol–water partition coefficient (Wildman–Crippen LogP) is 5.94. The van der Waals surface area contributed by atoms with Crippen LogP contribution in [-0.2, 0) is 9.53 Å². The molecule has 0 aliphatic carbocycles. The molecule has 0 radical (unpaired) electrons. The summed E-state index contributed by atoms with van der Waals surface area (Å²) in [6.45, 7) is 4.93. The number of ether oxygens (including phenoxy) is 1. The van der Waals surface area contributed by atoms with Gasteiger partial charge in [-0.25, -0.2) is 4.39 Å². The summed E-state index contributed by atoms with van der Waals surface area (Å²) < 4.78 is 19.4. The summed E-state index contributed by atoms with van der Waals surface area (Å²) in [4.78, 5) is 40.1. The Morgan fingerprint density at radius 2 is 1.68 bits per heavy atom. The highest BCUT2D eigenvalue weighted by Crippen LogP contribution is 2.33. The van der Waals surface area contributed by atoms with Gasteiger partial charge in [-0.05, 0) is 67.9 Å². The van der Waals surface area contributed by atoms with Gasteiger partial charge in [0.05, 0.1) is 47.1 Å². The van der Waals surface area contributed by atoms with E-state index in [-0.39, 0.29) is 28.2 Å². The van der Waals surface area contributed by atoms with Crippen molar-refractivity contribution in [2.45, 2.75) is 38.4 Å². The molecule has 3 aromatic rings. The van der Waals surface area contributed by atoms with Gasteiger partial charge in [0.25, 0.3) is 11.8 Å². The molecule has 0 bridgehead atoms. The highest BCUT2D eigenvalue weighted by molar-refractivity contribution is 6.42. The number of nitrogens with one attached hydrogen (secondary N) is 2. The molecule has 1 aliphatic heterocycles. The SMILES string of the molecule is CC1COCC(C)N1c1ccc(C(=O)NC(CC(=O)O)c2ccc(Cl)c(Cl)c2)cc1NC(=O)c1cccc(F)c1. The van der Waals surface area contributed by atoms with E-state index in [2.05, 4.69) is 15.5 Å². The van der Waals surface area contributed by atoms with Gasteiger partial charge in [0, 0.05) is 23.2 Å². The van der Waals surface area contributed by atoms with Crippen LogP contribution >= 0.6 is 23.2 Å². The van der Waals surface area contributed by atoms with Crippen molar-refractivity contribution < 1.29 is 28.6 Å². The number of aliphatic carboxylic acids is 1. The van der Waals surface area contributed by atoms with Crippen LogP contribution in [0.1, 0.15) is 52.6 Å². The number of hydrogen-bond donors (Lipinski definition) is 3. The number of halogens is 3. The predicted molar refractivity (Wildman–Crippen MR) is 152 cm³/mol. The van der Waals surface area contributed by atoms with Gasteiger partial charge >= 0.3 is 5.97 Å². The highest BCUT2D eigenvalue weighted by atomic mass is 35.5. The molecule has 2 amide bonds. The molecule has 0 saturated carbocycles. The normalized spacial score (nSPS) is 17.7. The molecule has 1 heterocycles. The summed E-state index contributed by atoms with van der Waals surface area (Å²) in [6, 6.07) is 13.8. The average Bonchev–Trinajstić information content (AvgIpc) is 2.90. The van der Waals surface area contributed by atoms with Gasteiger partial charge in [0.1, 0.15) is 5.82 Å². The van der Waals surface area contributed by atoms with Crippen molar-refractivity contribution in [2.24, 2.45) is 0 Å². The summed E-state index contributed by atoms with van der Waals surface area (Å²) in [5, 5.41) is 15.5. The van der Waals surface area contributed by atoms with Crippen LogP contribution in [-0.4, -0.2) is 48.2 Å². The number of anilines is 2. The molecule has 3 aromatic carbocycles. The first-order chi connectivity index (χ1) is 19.0. The highest BCUT2D eigenvalue weighted by Gasteiger charge is 2.29. The third kappa shape index (κ3) is 6.91. The Morgan fingerprint density at radius 3 is 2.33 bits per heavy atom. The molecule has 1 fully saturated rings. The number of carbonyl (C=O) groups is 3. The molecule has 0 spiro atoms. The maximum Gasteiger partial charge on any atom is 0.305 e. The minimum Gasteiger partial charge on any atom is -0.481 e. The lowest BCUT2D eigenvalue weighted by molar-refractivity contribution is -0.137. The lowest BCUT2D eigenvalue weighted by Crippen LogP contribution is -2.50. The molecule has 4 rings (SSSR count). The zero-order chi connectivity index (χ0) is 29.0. The molecule has 3 N–H and O–H groups in total. The van der Waals surface area contributed by atoms with Crippen LogP contribution in [0.5, 0.6) is 0 Å². The third-order valence-electron chi connectivity index (χ3n) is 6.57. The first-order valence-corrected chi connectivity index (χ1v) is 13.3. The van der Waals surface area contributed by atoms with E-state index >= 15 is 0 Å². The molecule has 8 nitrogen and oxygen atoms in total. The van der Waals surface area contributed by atoms with Crippen molar-refractivity contribution in [2.75, 3.05) is 23.4 Å². The van der Waals surface area contributed by atoms with Gasteiger partial charge in [-0.15, -0.1) is 0 Å². The fourth-order valence-electron chi connectivity index (χ4n) is 4.70. The van der Waals surface area contributed by atoms with Crippen molar-refractivity contribution in [1.82, 2.24) is 5.32 Å². The molecule has 40 heavy (non-hydrogen) atoms. The molecule has 1 aliphatic rings. The van der Waals surface area contributed by atoms with E-state index < -0.39 is 36.1 Å². The van der Waals surface area contributed by atoms with E-state index in [9.17, 15) is 23.9 Å². The lowest BCUT2D eigenvalue weighted by Gasteiger charge is -2.41.